The summed E-state index contributed by atoms with van der Waals surface area (Å²) in [5, 5.41) is 47.7. The van der Waals surface area contributed by atoms with Crippen molar-refractivity contribution in [3.8, 4) is 0 Å². The molecule has 1 aromatic heterocycles. The van der Waals surface area contributed by atoms with E-state index in [0.717, 1.165) is 0 Å². The van der Waals surface area contributed by atoms with Gasteiger partial charge in [-0.1, -0.05) is 0 Å². The number of nitrogens with zero attached hydrogens (tertiary/aromatic N) is 2. The Morgan fingerprint density at radius 3 is 2.31 bits per heavy atom. The summed E-state index contributed by atoms with van der Waals surface area (Å²) in [6, 6.07) is -4.56. The Labute approximate surface area is 147 Å². The van der Waals surface area contributed by atoms with Gasteiger partial charge in [0.25, 0.3) is 0 Å². The highest BCUT2D eigenvalue weighted by atomic mass is 16.4. The zero-order chi connectivity index (χ0) is 19.9. The smallest absolute Gasteiger partial charge is 0.328 e. The predicted octanol–water partition coefficient (Wildman–Crippen LogP) is -1.90. The number of carbonyl (C=O) groups excluding carboxylic acids is 1. The molecule has 0 fully saturated rings. The van der Waals surface area contributed by atoms with E-state index in [2.05, 4.69) is 15.5 Å². The number of carboxylic acids is 2. The SMILES string of the molecule is CC(O)[C@H](NC(=O)N[C@@H](CCC(=O)O)c1nnc([C@@H](N)CO)o1)C(=O)O. The topological polar surface area (TPSA) is 221 Å². The number of hydrogen-bond acceptors (Lipinski definition) is 9. The standard InChI is InChI=1S/C13H21N5O8/c1-5(20)9(12(23)24)16-13(25)15-7(2-3-8(21)22)11-18-17-10(26-11)6(14)4-19/h5-7,9,19-20H,2-4,14H2,1H3,(H,21,22)(H,23,24)(H2,15,16,25)/t5?,6-,7-,9-/m0/s1. The van der Waals surface area contributed by atoms with Crippen molar-refractivity contribution in [1.29, 1.82) is 0 Å². The van der Waals surface area contributed by atoms with Gasteiger partial charge in [-0.25, -0.2) is 9.59 Å². The number of aromatic nitrogens is 2. The van der Waals surface area contributed by atoms with E-state index in [1.54, 1.807) is 0 Å². The normalized spacial score (nSPS) is 15.5. The molecule has 0 aliphatic rings. The van der Waals surface area contributed by atoms with Crippen LogP contribution >= 0.6 is 0 Å². The average molecular weight is 375 g/mol. The maximum atomic E-state index is 12.0. The summed E-state index contributed by atoms with van der Waals surface area (Å²) in [6.07, 6.45) is -1.85. The van der Waals surface area contributed by atoms with Crippen LogP contribution in [0.15, 0.2) is 4.42 Å². The molecule has 0 saturated carbocycles. The fourth-order valence-corrected chi connectivity index (χ4v) is 1.87. The summed E-state index contributed by atoms with van der Waals surface area (Å²) in [5.74, 6) is -2.87. The van der Waals surface area contributed by atoms with Gasteiger partial charge in [0.2, 0.25) is 11.8 Å². The fraction of sp³-hybridized carbons (Fsp3) is 0.615. The highest BCUT2D eigenvalue weighted by Gasteiger charge is 2.28. The Balaban J connectivity index is 2.89. The van der Waals surface area contributed by atoms with Crippen LogP contribution in [0.25, 0.3) is 0 Å². The average Bonchev–Trinajstić information content (AvgIpc) is 3.04. The molecular formula is C13H21N5O8. The Bertz CT molecular complexity index is 634. The number of urea groups is 1. The number of nitrogens with one attached hydrogen (secondary N) is 2. The van der Waals surface area contributed by atoms with Crippen LogP contribution in [0.1, 0.15) is 43.6 Å². The van der Waals surface area contributed by atoms with Crippen LogP contribution in [0.2, 0.25) is 0 Å². The molecule has 13 heteroatoms. The second-order valence-electron chi connectivity index (χ2n) is 5.43. The first-order valence-electron chi connectivity index (χ1n) is 7.55. The molecule has 0 radical (unpaired) electrons. The molecule has 0 aromatic carbocycles. The van der Waals surface area contributed by atoms with Crippen LogP contribution in [0, 0.1) is 0 Å². The lowest BCUT2D eigenvalue weighted by molar-refractivity contribution is -0.141. The summed E-state index contributed by atoms with van der Waals surface area (Å²) in [7, 11) is 0. The summed E-state index contributed by atoms with van der Waals surface area (Å²) in [5.41, 5.74) is 5.53. The van der Waals surface area contributed by atoms with Crippen LogP contribution in [-0.2, 0) is 9.59 Å². The zero-order valence-corrected chi connectivity index (χ0v) is 13.8. The number of hydrogen-bond donors (Lipinski definition) is 7. The second kappa shape index (κ2) is 9.65. The summed E-state index contributed by atoms with van der Waals surface area (Å²) in [4.78, 5) is 33.8. The summed E-state index contributed by atoms with van der Waals surface area (Å²) >= 11 is 0. The Kier molecular flexibility index (Phi) is 7.89. The molecule has 26 heavy (non-hydrogen) atoms. The molecule has 2 amide bonds. The van der Waals surface area contributed by atoms with Gasteiger partial charge in [0.15, 0.2) is 6.04 Å². The van der Waals surface area contributed by atoms with Crippen LogP contribution in [0.5, 0.6) is 0 Å². The lowest BCUT2D eigenvalue weighted by Gasteiger charge is -2.20. The lowest BCUT2D eigenvalue weighted by atomic mass is 10.1. The van der Waals surface area contributed by atoms with Crippen LogP contribution in [0.4, 0.5) is 4.79 Å². The molecule has 0 saturated heterocycles. The Morgan fingerprint density at radius 2 is 1.81 bits per heavy atom. The number of nitrogens with two attached hydrogens (primary N) is 1. The van der Waals surface area contributed by atoms with Crippen molar-refractivity contribution in [2.24, 2.45) is 5.73 Å². The van der Waals surface area contributed by atoms with Crippen molar-refractivity contribution in [2.45, 2.75) is 44.0 Å². The van der Waals surface area contributed by atoms with Crippen molar-refractivity contribution in [2.75, 3.05) is 6.61 Å². The number of carboxylic acid groups (broad SMARTS) is 2. The van der Waals surface area contributed by atoms with Gasteiger partial charge in [-0.05, 0) is 13.3 Å². The number of aliphatic hydroxyl groups is 2. The van der Waals surface area contributed by atoms with Crippen molar-refractivity contribution in [3.63, 3.8) is 0 Å². The van der Waals surface area contributed by atoms with Gasteiger partial charge in [0.1, 0.15) is 12.1 Å². The van der Waals surface area contributed by atoms with Crippen molar-refractivity contribution >= 4 is 18.0 Å². The van der Waals surface area contributed by atoms with Gasteiger partial charge in [-0.3, -0.25) is 4.79 Å². The first kappa shape index (κ1) is 21.3. The lowest BCUT2D eigenvalue weighted by Crippen LogP contribution is -2.51. The molecule has 0 aliphatic heterocycles. The molecule has 1 unspecified atom stereocenters. The van der Waals surface area contributed by atoms with Gasteiger partial charge >= 0.3 is 18.0 Å². The van der Waals surface area contributed by atoms with Crippen molar-refractivity contribution in [1.82, 2.24) is 20.8 Å². The highest BCUT2D eigenvalue weighted by Crippen LogP contribution is 2.19. The number of carbonyl (C=O) groups is 3. The first-order chi connectivity index (χ1) is 12.1. The maximum absolute atomic E-state index is 12.0. The molecule has 0 aliphatic carbocycles. The number of aliphatic carboxylic acids is 2. The van der Waals surface area contributed by atoms with Crippen LogP contribution in [0.3, 0.4) is 0 Å². The molecule has 0 spiro atoms. The molecule has 0 bridgehead atoms. The number of rotatable bonds is 10. The predicted molar refractivity (Wildman–Crippen MR) is 82.7 cm³/mol. The van der Waals surface area contributed by atoms with E-state index in [1.807, 2.05) is 5.32 Å². The molecule has 8 N–H and O–H groups in total. The summed E-state index contributed by atoms with van der Waals surface area (Å²) < 4.78 is 5.22. The molecular weight excluding hydrogens is 354 g/mol. The summed E-state index contributed by atoms with van der Waals surface area (Å²) in [6.45, 7) is 0.714. The van der Waals surface area contributed by atoms with Crippen LogP contribution in [-0.4, -0.2) is 67.3 Å². The van der Waals surface area contributed by atoms with E-state index in [4.69, 9.17) is 25.5 Å². The van der Waals surface area contributed by atoms with Gasteiger partial charge < -0.3 is 41.2 Å². The Hall–Kier alpha value is -2.77. The molecule has 1 aromatic rings. The Morgan fingerprint density at radius 1 is 1.19 bits per heavy atom. The van der Waals surface area contributed by atoms with Crippen molar-refractivity contribution < 1.29 is 39.2 Å². The van der Waals surface area contributed by atoms with E-state index in [1.165, 1.54) is 6.92 Å². The van der Waals surface area contributed by atoms with Gasteiger partial charge in [0.05, 0.1) is 12.7 Å². The van der Waals surface area contributed by atoms with Gasteiger partial charge in [-0.2, -0.15) is 0 Å². The molecule has 1 rings (SSSR count). The zero-order valence-electron chi connectivity index (χ0n) is 13.8. The number of aliphatic hydroxyl groups excluding tert-OH is 2. The molecule has 146 valence electrons. The van der Waals surface area contributed by atoms with E-state index >= 15 is 0 Å². The third kappa shape index (κ3) is 6.27. The minimum atomic E-state index is -1.57. The third-order valence-electron chi connectivity index (χ3n) is 3.26. The van der Waals surface area contributed by atoms with E-state index in [-0.39, 0.29) is 24.6 Å². The van der Waals surface area contributed by atoms with E-state index in [9.17, 15) is 19.5 Å². The minimum absolute atomic E-state index is 0.113. The number of amides is 2. The fourth-order valence-electron chi connectivity index (χ4n) is 1.87. The quantitative estimate of drug-likeness (QED) is 0.239. The van der Waals surface area contributed by atoms with E-state index < -0.39 is 48.8 Å². The van der Waals surface area contributed by atoms with Gasteiger partial charge in [-0.15, -0.1) is 10.2 Å². The molecule has 13 nitrogen and oxygen atoms in total. The van der Waals surface area contributed by atoms with E-state index in [0.29, 0.717) is 0 Å². The second-order valence-corrected chi connectivity index (χ2v) is 5.43. The minimum Gasteiger partial charge on any atom is -0.481 e. The van der Waals surface area contributed by atoms with Crippen molar-refractivity contribution in [3.05, 3.63) is 11.8 Å². The highest BCUT2D eigenvalue weighted by molar-refractivity contribution is 5.83. The monoisotopic (exact) mass is 375 g/mol. The van der Waals surface area contributed by atoms with Gasteiger partial charge in [0, 0.05) is 6.42 Å². The third-order valence-corrected chi connectivity index (χ3v) is 3.26. The first-order valence-corrected chi connectivity index (χ1v) is 7.55. The van der Waals surface area contributed by atoms with Crippen LogP contribution < -0.4 is 16.4 Å². The molecule has 4 atom stereocenters. The largest absolute Gasteiger partial charge is 0.481 e. The maximum Gasteiger partial charge on any atom is 0.328 e. The molecule has 1 heterocycles.